The Balaban J connectivity index is 1.01. The van der Waals surface area contributed by atoms with E-state index in [-0.39, 0.29) is 22.0 Å². The Morgan fingerprint density at radius 1 is 0.343 bits per heavy atom. The molecule has 0 saturated heterocycles. The van der Waals surface area contributed by atoms with Crippen molar-refractivity contribution in [1.29, 1.82) is 0 Å². The minimum atomic E-state index is -0.946. The molecule has 0 amide bonds. The Kier molecular flexibility index (Phi) is 7.08. The van der Waals surface area contributed by atoms with Gasteiger partial charge in [0.2, 0.25) is 0 Å². The van der Waals surface area contributed by atoms with E-state index in [1.807, 2.05) is 146 Å². The topological polar surface area (TPSA) is 28.4 Å². The third-order valence-corrected chi connectivity index (χ3v) is 12.1. The van der Waals surface area contributed by atoms with Crippen LogP contribution in [0, 0.1) is 0 Å². The highest BCUT2D eigenvalue weighted by Gasteiger charge is 2.18. The molecule has 1 N–H and O–H groups in total. The Labute approximate surface area is 408 Å². The fourth-order valence-corrected chi connectivity index (χ4v) is 8.87. The van der Waals surface area contributed by atoms with Gasteiger partial charge >= 0.3 is 0 Å². The lowest BCUT2D eigenvalue weighted by molar-refractivity contribution is 0.479. The molecular weight excluding hydrogens is 813 g/mol. The molecular formula is C64H44N2O. The minimum Gasteiger partial charge on any atom is -0.507 e. The molecule has 0 fully saturated rings. The molecule has 0 aliphatic heterocycles. The van der Waals surface area contributed by atoms with Gasteiger partial charge in [-0.2, -0.15) is 0 Å². The molecule has 316 valence electrons. The van der Waals surface area contributed by atoms with Crippen molar-refractivity contribution in [2.45, 2.75) is 0 Å². The summed E-state index contributed by atoms with van der Waals surface area (Å²) in [4.78, 5) is 1.62. The highest BCUT2D eigenvalue weighted by Crippen LogP contribution is 2.43. The molecule has 0 aliphatic carbocycles. The van der Waals surface area contributed by atoms with Gasteiger partial charge in [0.05, 0.1) is 34.5 Å². The summed E-state index contributed by atoms with van der Waals surface area (Å²) in [6.07, 6.45) is 0. The molecule has 12 aromatic rings. The summed E-state index contributed by atoms with van der Waals surface area (Å²) in [5, 5.41) is 14.0. The zero-order valence-electron chi connectivity index (χ0n) is 48.7. The van der Waals surface area contributed by atoms with Crippen molar-refractivity contribution in [2.75, 3.05) is 4.90 Å². The first-order valence-corrected chi connectivity index (χ1v) is 21.7. The summed E-state index contributed by atoms with van der Waals surface area (Å²) in [5.74, 6) is -0.946. The van der Waals surface area contributed by atoms with E-state index in [2.05, 4.69) is 34.9 Å². The number of anilines is 3. The lowest BCUT2D eigenvalue weighted by Crippen LogP contribution is -2.09. The van der Waals surface area contributed by atoms with Gasteiger partial charge in [0.15, 0.2) is 0 Å². The van der Waals surface area contributed by atoms with Crippen molar-refractivity contribution >= 4 is 49.6 Å². The maximum atomic E-state index is 12.2. The van der Waals surface area contributed by atoms with Crippen LogP contribution in [0.3, 0.4) is 0 Å². The van der Waals surface area contributed by atoms with Crippen LogP contribution >= 0.6 is 0 Å². The molecule has 0 spiro atoms. The predicted octanol–water partition coefficient (Wildman–Crippen LogP) is 17.4. The van der Waals surface area contributed by atoms with Gasteiger partial charge in [0.25, 0.3) is 0 Å². The molecule has 0 saturated carbocycles. The number of aromatic nitrogens is 1. The van der Waals surface area contributed by atoms with Gasteiger partial charge in [-0.3, -0.25) is 0 Å². The smallest absolute Gasteiger partial charge is 0.131 e. The van der Waals surface area contributed by atoms with E-state index in [9.17, 15) is 10.6 Å². The first-order chi connectivity index (χ1) is 38.6. The van der Waals surface area contributed by atoms with E-state index >= 15 is 0 Å². The van der Waals surface area contributed by atoms with E-state index in [4.69, 9.17) is 12.3 Å². The molecule has 3 nitrogen and oxygen atoms in total. The summed E-state index contributed by atoms with van der Waals surface area (Å²) in [7, 11) is 0. The van der Waals surface area contributed by atoms with E-state index in [1.165, 1.54) is 0 Å². The average Bonchev–Trinajstić information content (AvgIpc) is 3.87. The molecule has 67 heavy (non-hydrogen) atoms. The zero-order chi connectivity index (χ0) is 56.0. The lowest BCUT2D eigenvalue weighted by atomic mass is 9.95. The molecule has 1 heterocycles. The maximum Gasteiger partial charge on any atom is 0.131 e. The van der Waals surface area contributed by atoms with E-state index < -0.39 is 101 Å². The van der Waals surface area contributed by atoms with Crippen LogP contribution in [0.2, 0.25) is 0 Å². The van der Waals surface area contributed by atoms with Crippen molar-refractivity contribution in [3.8, 4) is 67.1 Å². The SMILES string of the molecule is [2H]c1c([2H])c(-c2cc3c([2H])c([2H])c([2H])c([2H])c3c([2H])c2[2H])c(O)c(-c2c([2H])c([2H])c(N(c3ccc(-c4ccc(-c5ccccc5)cc4)cc3)c3ccc(-c4ccccc4-n4c5ccccc5c5ccccc54)cc3)c([2H])c2[2H])c1[2H]. The van der Waals surface area contributed by atoms with Gasteiger partial charge in [0, 0.05) is 44.5 Å². The second kappa shape index (κ2) is 16.9. The Hall–Kier alpha value is -8.92. The Morgan fingerprint density at radius 3 is 1.48 bits per heavy atom. The maximum absolute atomic E-state index is 12.2. The first-order valence-electron chi connectivity index (χ1n) is 28.2. The van der Waals surface area contributed by atoms with Crippen LogP contribution < -0.4 is 4.90 Å². The molecule has 3 heteroatoms. The van der Waals surface area contributed by atoms with E-state index in [0.717, 1.165) is 66.9 Å². The average molecular weight is 870 g/mol. The number of rotatable bonds is 9. The van der Waals surface area contributed by atoms with Gasteiger partial charge in [0.1, 0.15) is 5.75 Å². The van der Waals surface area contributed by atoms with Crippen LogP contribution in [-0.4, -0.2) is 9.67 Å². The fourth-order valence-electron chi connectivity index (χ4n) is 8.87. The molecule has 0 atom stereocenters. The van der Waals surface area contributed by atoms with Gasteiger partial charge in [-0.15, -0.1) is 0 Å². The number of nitrogens with zero attached hydrogens (tertiary/aromatic N) is 2. The van der Waals surface area contributed by atoms with Crippen molar-refractivity contribution in [3.63, 3.8) is 0 Å². The summed E-state index contributed by atoms with van der Waals surface area (Å²) >= 11 is 0. The third kappa shape index (κ3) is 7.29. The van der Waals surface area contributed by atoms with Gasteiger partial charge in [-0.05, 0) is 110 Å². The number of hydrogen-bond donors (Lipinski definition) is 1. The summed E-state index contributed by atoms with van der Waals surface area (Å²) in [5.41, 5.74) is 7.38. The number of benzene rings is 11. The standard InChI is InChI=1S/C64H44N2O/c67-64-57(20-12-21-58(64)52-30-29-45-15-4-5-16-51(45)43-52)50-35-41-55(42-36-50)65(53-37-31-48(32-38-53)47-27-25-46(26-28-47)44-13-2-1-3-14-44)54-39-33-49(34-40-54)56-17-6-9-22-61(56)66-62-23-10-7-18-59(62)60-19-8-11-24-63(60)66/h1-43,67H/i4D,5D,12D,15D,16D,20D,21D,29D,30D,35D,36D,41D,42D. The van der Waals surface area contributed by atoms with Crippen LogP contribution in [0.5, 0.6) is 5.75 Å². The quantitative estimate of drug-likeness (QED) is 0.157. The van der Waals surface area contributed by atoms with Gasteiger partial charge < -0.3 is 14.6 Å². The summed E-state index contributed by atoms with van der Waals surface area (Å²) < 4.78 is 119. The van der Waals surface area contributed by atoms with Crippen LogP contribution in [0.4, 0.5) is 17.1 Å². The van der Waals surface area contributed by atoms with Crippen LogP contribution in [0.15, 0.2) is 261 Å². The predicted molar refractivity (Wildman–Crippen MR) is 282 cm³/mol. The molecule has 0 bridgehead atoms. The third-order valence-electron chi connectivity index (χ3n) is 12.1. The molecule has 12 rings (SSSR count). The number of phenolic OH excluding ortho intramolecular Hbond substituents is 1. The minimum absolute atomic E-state index is 0.174. The molecule has 0 radical (unpaired) electrons. The highest BCUT2D eigenvalue weighted by molar-refractivity contribution is 6.09. The number of hydrogen-bond acceptors (Lipinski definition) is 2. The molecule has 1 aromatic heterocycles. The number of fused-ring (bicyclic) bond motifs is 4. The Bertz CT molecular complexity index is 4430. The number of aromatic hydroxyl groups is 1. The largest absolute Gasteiger partial charge is 0.507 e. The highest BCUT2D eigenvalue weighted by atomic mass is 16.3. The van der Waals surface area contributed by atoms with Crippen LogP contribution in [0.1, 0.15) is 17.8 Å². The summed E-state index contributed by atoms with van der Waals surface area (Å²) in [6.45, 7) is 0. The normalized spacial score (nSPS) is 14.1. The van der Waals surface area contributed by atoms with Gasteiger partial charge in [-0.25, -0.2) is 0 Å². The molecule has 11 aromatic carbocycles. The fraction of sp³-hybridized carbons (Fsp3) is 0. The van der Waals surface area contributed by atoms with Crippen molar-refractivity contribution < 1.29 is 22.9 Å². The second-order valence-electron chi connectivity index (χ2n) is 16.1. The monoisotopic (exact) mass is 869 g/mol. The van der Waals surface area contributed by atoms with Crippen LogP contribution in [-0.2, 0) is 0 Å². The van der Waals surface area contributed by atoms with Crippen LogP contribution in [0.25, 0.3) is 93.9 Å². The van der Waals surface area contributed by atoms with Gasteiger partial charge in [-0.1, -0.05) is 200 Å². The summed E-state index contributed by atoms with van der Waals surface area (Å²) in [6, 6.07) is 50.4. The van der Waals surface area contributed by atoms with E-state index in [1.54, 1.807) is 4.90 Å². The van der Waals surface area contributed by atoms with E-state index in [0.29, 0.717) is 11.4 Å². The number of para-hydroxylation sites is 4. The van der Waals surface area contributed by atoms with Crippen molar-refractivity contribution in [3.05, 3.63) is 261 Å². The second-order valence-corrected chi connectivity index (χ2v) is 16.1. The Morgan fingerprint density at radius 2 is 0.836 bits per heavy atom. The lowest BCUT2D eigenvalue weighted by Gasteiger charge is -2.26. The van der Waals surface area contributed by atoms with Crippen molar-refractivity contribution in [1.82, 2.24) is 4.57 Å². The molecule has 0 unspecified atom stereocenters. The number of phenols is 1. The molecule has 0 aliphatic rings. The zero-order valence-corrected chi connectivity index (χ0v) is 35.7. The van der Waals surface area contributed by atoms with Crippen molar-refractivity contribution in [2.24, 2.45) is 0 Å². The first kappa shape index (κ1) is 28.1.